The van der Waals surface area contributed by atoms with Crippen LogP contribution in [0.1, 0.15) is 30.0 Å². The highest BCUT2D eigenvalue weighted by Crippen LogP contribution is 2.37. The number of fused-ring (bicyclic) bond motifs is 1. The van der Waals surface area contributed by atoms with Crippen molar-refractivity contribution in [3.8, 4) is 11.5 Å². The summed E-state index contributed by atoms with van der Waals surface area (Å²) in [5, 5.41) is 5.82. The summed E-state index contributed by atoms with van der Waals surface area (Å²) in [6.07, 6.45) is 0. The number of nitrogens with zero attached hydrogens (tertiary/aromatic N) is 2. The fourth-order valence-electron chi connectivity index (χ4n) is 3.82. The zero-order chi connectivity index (χ0) is 24.8. The summed E-state index contributed by atoms with van der Waals surface area (Å²) in [5.41, 5.74) is 3.16. The van der Waals surface area contributed by atoms with Crippen LogP contribution in [0.25, 0.3) is 11.0 Å². The van der Waals surface area contributed by atoms with Crippen molar-refractivity contribution < 1.29 is 19.1 Å². The molecule has 1 aromatic heterocycles. The molecule has 8 nitrogen and oxygen atoms in total. The summed E-state index contributed by atoms with van der Waals surface area (Å²) in [6, 6.07) is 19.9. The van der Waals surface area contributed by atoms with Crippen LogP contribution < -0.4 is 20.1 Å². The van der Waals surface area contributed by atoms with Crippen molar-refractivity contribution in [2.24, 2.45) is 0 Å². The van der Waals surface area contributed by atoms with E-state index in [9.17, 15) is 9.59 Å². The molecule has 0 fully saturated rings. The summed E-state index contributed by atoms with van der Waals surface area (Å²) in [7, 11) is 0. The number of carbonyl (C=O) groups is 2. The second-order valence-corrected chi connectivity index (χ2v) is 7.81. The molecule has 0 radical (unpaired) electrons. The number of hydrogen-bond acceptors (Lipinski definition) is 5. The van der Waals surface area contributed by atoms with E-state index in [-0.39, 0.29) is 18.4 Å². The van der Waals surface area contributed by atoms with E-state index in [0.29, 0.717) is 41.7 Å². The van der Waals surface area contributed by atoms with Crippen LogP contribution in [0.2, 0.25) is 0 Å². The maximum absolute atomic E-state index is 13.0. The summed E-state index contributed by atoms with van der Waals surface area (Å²) >= 11 is 0. The van der Waals surface area contributed by atoms with Gasteiger partial charge in [-0.2, -0.15) is 0 Å². The predicted octanol–water partition coefficient (Wildman–Crippen LogP) is 5.03. The first-order chi connectivity index (χ1) is 17.0. The Kier molecular flexibility index (Phi) is 7.30. The molecule has 0 aliphatic heterocycles. The molecule has 8 heteroatoms. The largest absolute Gasteiger partial charge is 0.492 e. The summed E-state index contributed by atoms with van der Waals surface area (Å²) in [5.74, 6) is 1.11. The minimum atomic E-state index is -0.270. The monoisotopic (exact) mass is 472 g/mol. The molecule has 2 N–H and O–H groups in total. The number of anilines is 2. The first-order valence-electron chi connectivity index (χ1n) is 11.5. The molecule has 0 atom stereocenters. The van der Waals surface area contributed by atoms with Gasteiger partial charge >= 0.3 is 0 Å². The van der Waals surface area contributed by atoms with Crippen molar-refractivity contribution in [1.29, 1.82) is 0 Å². The second kappa shape index (κ2) is 10.7. The minimum Gasteiger partial charge on any atom is -0.492 e. The number of aromatic nitrogens is 2. The molecule has 2 amide bonds. The maximum atomic E-state index is 13.0. The van der Waals surface area contributed by atoms with Gasteiger partial charge in [-0.25, -0.2) is 4.98 Å². The third-order valence-electron chi connectivity index (χ3n) is 5.39. The topological polar surface area (TPSA) is 94.5 Å². The number of carbonyl (C=O) groups excluding carboxylic acids is 2. The van der Waals surface area contributed by atoms with Crippen LogP contribution in [-0.4, -0.2) is 34.6 Å². The van der Waals surface area contributed by atoms with Gasteiger partial charge in [-0.05, 0) is 45.0 Å². The van der Waals surface area contributed by atoms with E-state index in [1.54, 1.807) is 36.4 Å². The Labute approximate surface area is 203 Å². The highest BCUT2D eigenvalue weighted by atomic mass is 16.5. The molecule has 0 bridgehead atoms. The smallest absolute Gasteiger partial charge is 0.255 e. The van der Waals surface area contributed by atoms with Crippen molar-refractivity contribution in [3.05, 3.63) is 78.1 Å². The number of para-hydroxylation sites is 2. The van der Waals surface area contributed by atoms with Crippen molar-refractivity contribution >= 4 is 34.2 Å². The Morgan fingerprint density at radius 1 is 0.857 bits per heavy atom. The first-order valence-corrected chi connectivity index (χ1v) is 11.5. The molecule has 0 spiro atoms. The number of amides is 2. The fraction of sp³-hybridized carbons (Fsp3) is 0.222. The van der Waals surface area contributed by atoms with Crippen molar-refractivity contribution in [2.75, 3.05) is 23.8 Å². The van der Waals surface area contributed by atoms with Crippen molar-refractivity contribution in [1.82, 2.24) is 9.55 Å². The number of imidazole rings is 1. The predicted molar refractivity (Wildman–Crippen MR) is 136 cm³/mol. The Morgan fingerprint density at radius 3 is 2.11 bits per heavy atom. The zero-order valence-electron chi connectivity index (χ0n) is 20.0. The molecule has 0 aliphatic rings. The standard InChI is InChI=1S/C27H28N4O4/c1-4-34-24-16-22(30-27(33)19-11-7-6-8-12-19)25(35-5-2)15-21(24)29-26(32)17-31-18(3)28-20-13-9-10-14-23(20)31/h6-16H,4-5,17H2,1-3H3,(H,29,32)(H,30,33). The van der Waals surface area contributed by atoms with Gasteiger partial charge in [0.05, 0.1) is 35.6 Å². The van der Waals surface area contributed by atoms with Gasteiger partial charge in [-0.3, -0.25) is 9.59 Å². The molecule has 4 rings (SSSR count). The maximum Gasteiger partial charge on any atom is 0.255 e. The van der Waals surface area contributed by atoms with Crippen LogP contribution in [0.15, 0.2) is 66.7 Å². The Bertz CT molecular complexity index is 1350. The number of rotatable bonds is 9. The third-order valence-corrected chi connectivity index (χ3v) is 5.39. The van der Waals surface area contributed by atoms with Gasteiger partial charge in [0.2, 0.25) is 5.91 Å². The molecule has 0 saturated heterocycles. The molecule has 1 heterocycles. The lowest BCUT2D eigenvalue weighted by atomic mass is 10.2. The zero-order valence-corrected chi connectivity index (χ0v) is 20.0. The normalized spacial score (nSPS) is 10.7. The van der Waals surface area contributed by atoms with Crippen LogP contribution in [0.3, 0.4) is 0 Å². The number of aryl methyl sites for hydroxylation is 1. The average Bonchev–Trinajstić information content (AvgIpc) is 3.17. The number of hydrogen-bond donors (Lipinski definition) is 2. The molecular formula is C27H28N4O4. The lowest BCUT2D eigenvalue weighted by Gasteiger charge is -2.18. The molecule has 35 heavy (non-hydrogen) atoms. The average molecular weight is 473 g/mol. The molecule has 0 aliphatic carbocycles. The van der Waals surface area contributed by atoms with Gasteiger partial charge in [0, 0.05) is 17.7 Å². The molecule has 0 unspecified atom stereocenters. The molecule has 180 valence electrons. The fourth-order valence-corrected chi connectivity index (χ4v) is 3.82. The molecular weight excluding hydrogens is 444 g/mol. The van der Waals surface area contributed by atoms with Crippen LogP contribution >= 0.6 is 0 Å². The van der Waals surface area contributed by atoms with Gasteiger partial charge in [0.25, 0.3) is 5.91 Å². The summed E-state index contributed by atoms with van der Waals surface area (Å²) in [4.78, 5) is 30.3. The van der Waals surface area contributed by atoms with E-state index >= 15 is 0 Å². The van der Waals surface area contributed by atoms with E-state index in [4.69, 9.17) is 9.47 Å². The lowest BCUT2D eigenvalue weighted by Crippen LogP contribution is -2.20. The number of benzene rings is 3. The van der Waals surface area contributed by atoms with Crippen molar-refractivity contribution in [3.63, 3.8) is 0 Å². The van der Waals surface area contributed by atoms with Crippen LogP contribution in [0, 0.1) is 6.92 Å². The quantitative estimate of drug-likeness (QED) is 0.356. The highest BCUT2D eigenvalue weighted by Gasteiger charge is 2.18. The Morgan fingerprint density at radius 2 is 1.46 bits per heavy atom. The minimum absolute atomic E-state index is 0.0916. The van der Waals surface area contributed by atoms with E-state index in [1.807, 2.05) is 55.7 Å². The van der Waals surface area contributed by atoms with E-state index in [2.05, 4.69) is 15.6 Å². The Balaban J connectivity index is 1.61. The number of ether oxygens (including phenoxy) is 2. The highest BCUT2D eigenvalue weighted by molar-refractivity contribution is 6.05. The van der Waals surface area contributed by atoms with Crippen molar-refractivity contribution in [2.45, 2.75) is 27.3 Å². The van der Waals surface area contributed by atoms with Gasteiger partial charge in [0.15, 0.2) is 0 Å². The summed E-state index contributed by atoms with van der Waals surface area (Å²) < 4.78 is 13.4. The lowest BCUT2D eigenvalue weighted by molar-refractivity contribution is -0.116. The van der Waals surface area contributed by atoms with Gasteiger partial charge in [-0.15, -0.1) is 0 Å². The van der Waals surface area contributed by atoms with Crippen LogP contribution in [-0.2, 0) is 11.3 Å². The Hall–Kier alpha value is -4.33. The third kappa shape index (κ3) is 5.43. The van der Waals surface area contributed by atoms with Crippen LogP contribution in [0.4, 0.5) is 11.4 Å². The first kappa shape index (κ1) is 23.8. The van der Waals surface area contributed by atoms with E-state index < -0.39 is 0 Å². The van der Waals surface area contributed by atoms with Gasteiger partial charge in [0.1, 0.15) is 23.9 Å². The summed E-state index contributed by atoms with van der Waals surface area (Å²) in [6.45, 7) is 6.43. The van der Waals surface area contributed by atoms with Crippen LogP contribution in [0.5, 0.6) is 11.5 Å². The SMILES string of the molecule is CCOc1cc(NC(=O)c2ccccc2)c(OCC)cc1NC(=O)Cn1c(C)nc2ccccc21. The second-order valence-electron chi connectivity index (χ2n) is 7.81. The van der Waals surface area contributed by atoms with Gasteiger partial charge in [-0.1, -0.05) is 30.3 Å². The number of nitrogens with one attached hydrogen (secondary N) is 2. The van der Waals surface area contributed by atoms with E-state index in [1.165, 1.54) is 0 Å². The van der Waals surface area contributed by atoms with E-state index in [0.717, 1.165) is 16.9 Å². The molecule has 0 saturated carbocycles. The van der Waals surface area contributed by atoms with Gasteiger partial charge < -0.3 is 24.7 Å². The molecule has 4 aromatic rings. The molecule has 3 aromatic carbocycles.